The van der Waals surface area contributed by atoms with Crippen LogP contribution in [0.1, 0.15) is 64.7 Å². The Morgan fingerprint density at radius 3 is 2.72 bits per heavy atom. The molecule has 0 spiro atoms. The van der Waals surface area contributed by atoms with Crippen molar-refractivity contribution in [2.75, 3.05) is 18.9 Å². The van der Waals surface area contributed by atoms with Crippen LogP contribution in [0, 0.1) is 5.92 Å². The minimum atomic E-state index is -0.331. The van der Waals surface area contributed by atoms with Crippen molar-refractivity contribution in [1.82, 2.24) is 19.5 Å². The maximum absolute atomic E-state index is 12.6. The summed E-state index contributed by atoms with van der Waals surface area (Å²) in [4.78, 5) is 35.4. The Morgan fingerprint density at radius 2 is 2.00 bits per heavy atom. The van der Waals surface area contributed by atoms with Crippen molar-refractivity contribution in [3.8, 4) is 0 Å². The number of hydrogen-bond acceptors (Lipinski definition) is 7. The van der Waals surface area contributed by atoms with E-state index in [4.69, 9.17) is 10.5 Å². The number of ether oxygens (including phenoxy) is 1. The van der Waals surface area contributed by atoms with Crippen molar-refractivity contribution < 1.29 is 14.6 Å². The average Bonchev–Trinajstić information content (AvgIpc) is 3.17. The molecule has 2 rings (SSSR count). The van der Waals surface area contributed by atoms with E-state index in [1.807, 2.05) is 0 Å². The SMILES string of the molecule is CCCCCCCCCC(=O)OCC(CCO)Cn1c(N)nc2nc[nH]c2c1=O. The van der Waals surface area contributed by atoms with Gasteiger partial charge in [-0.3, -0.25) is 14.2 Å². The standard InChI is InChI=1S/C20H33N5O4/c1-2-3-4-5-6-7-8-9-16(27)29-13-15(10-11-26)12-25-19(28)17-18(23-14-22-17)24-20(25)21/h14-15,26H,2-13H2,1H3,(H2,21,24)(H,22,23). The number of nitrogens with zero attached hydrogens (tertiary/aromatic N) is 3. The van der Waals surface area contributed by atoms with Crippen LogP contribution in [0.25, 0.3) is 11.2 Å². The number of aromatic amines is 1. The average molecular weight is 408 g/mol. The number of imidazole rings is 1. The van der Waals surface area contributed by atoms with Gasteiger partial charge in [0.1, 0.15) is 0 Å². The molecule has 1 atom stereocenters. The molecule has 0 bridgehead atoms. The van der Waals surface area contributed by atoms with Gasteiger partial charge >= 0.3 is 5.97 Å². The summed E-state index contributed by atoms with van der Waals surface area (Å²) in [6.45, 7) is 2.45. The Bertz CT molecular complexity index is 817. The molecule has 0 fully saturated rings. The molecule has 162 valence electrons. The van der Waals surface area contributed by atoms with Crippen LogP contribution < -0.4 is 11.3 Å². The minimum Gasteiger partial charge on any atom is -0.465 e. The number of carbonyl (C=O) groups is 1. The normalized spacial score (nSPS) is 12.3. The number of hydrogen-bond donors (Lipinski definition) is 3. The van der Waals surface area contributed by atoms with Gasteiger partial charge in [0.2, 0.25) is 5.95 Å². The third kappa shape index (κ3) is 7.16. The van der Waals surface area contributed by atoms with E-state index in [1.165, 1.54) is 36.6 Å². The Morgan fingerprint density at radius 1 is 1.28 bits per heavy atom. The maximum atomic E-state index is 12.6. The second-order valence-electron chi connectivity index (χ2n) is 7.42. The van der Waals surface area contributed by atoms with E-state index in [1.54, 1.807) is 0 Å². The molecule has 0 saturated heterocycles. The molecule has 4 N–H and O–H groups in total. The molecule has 0 radical (unpaired) electrons. The number of aliphatic hydroxyl groups excluding tert-OH is 1. The molecule has 9 heteroatoms. The van der Waals surface area contributed by atoms with Gasteiger partial charge < -0.3 is 20.6 Å². The molecular weight excluding hydrogens is 374 g/mol. The number of aromatic nitrogens is 4. The van der Waals surface area contributed by atoms with Crippen LogP contribution in [0.15, 0.2) is 11.1 Å². The van der Waals surface area contributed by atoms with Gasteiger partial charge in [-0.25, -0.2) is 4.98 Å². The summed E-state index contributed by atoms with van der Waals surface area (Å²) in [5.74, 6) is -0.434. The number of rotatable bonds is 14. The number of anilines is 1. The zero-order valence-electron chi connectivity index (χ0n) is 17.2. The monoisotopic (exact) mass is 407 g/mol. The highest BCUT2D eigenvalue weighted by molar-refractivity contribution is 5.70. The molecule has 2 aromatic heterocycles. The van der Waals surface area contributed by atoms with E-state index >= 15 is 0 Å². The number of nitrogens with two attached hydrogens (primary N) is 1. The van der Waals surface area contributed by atoms with E-state index in [2.05, 4.69) is 21.9 Å². The predicted octanol–water partition coefficient (Wildman–Crippen LogP) is 2.38. The van der Waals surface area contributed by atoms with Crippen LogP contribution in [0.3, 0.4) is 0 Å². The lowest BCUT2D eigenvalue weighted by molar-refractivity contribution is -0.145. The van der Waals surface area contributed by atoms with Crippen LogP contribution in [0.4, 0.5) is 5.95 Å². The maximum Gasteiger partial charge on any atom is 0.305 e. The molecule has 2 heterocycles. The van der Waals surface area contributed by atoms with E-state index in [0.29, 0.717) is 12.8 Å². The molecule has 9 nitrogen and oxygen atoms in total. The van der Waals surface area contributed by atoms with Crippen molar-refractivity contribution in [2.45, 2.75) is 71.3 Å². The summed E-state index contributed by atoms with van der Waals surface area (Å²) in [6.07, 6.45) is 10.1. The fourth-order valence-electron chi connectivity index (χ4n) is 3.29. The molecule has 0 aliphatic heterocycles. The second kappa shape index (κ2) is 12.2. The smallest absolute Gasteiger partial charge is 0.305 e. The highest BCUT2D eigenvalue weighted by atomic mass is 16.5. The van der Waals surface area contributed by atoms with Crippen LogP contribution in [0.5, 0.6) is 0 Å². The van der Waals surface area contributed by atoms with Crippen molar-refractivity contribution in [3.63, 3.8) is 0 Å². The van der Waals surface area contributed by atoms with Crippen LogP contribution in [-0.4, -0.2) is 43.8 Å². The molecule has 0 amide bonds. The molecule has 0 aliphatic rings. The first-order valence-corrected chi connectivity index (χ1v) is 10.5. The van der Waals surface area contributed by atoms with Gasteiger partial charge in [0.05, 0.1) is 12.9 Å². The zero-order chi connectivity index (χ0) is 21.1. The Hall–Kier alpha value is -2.42. The number of H-pyrrole nitrogens is 1. The van der Waals surface area contributed by atoms with Gasteiger partial charge in [-0.2, -0.15) is 4.98 Å². The highest BCUT2D eigenvalue weighted by Crippen LogP contribution is 2.13. The van der Waals surface area contributed by atoms with Crippen molar-refractivity contribution in [3.05, 3.63) is 16.7 Å². The number of aliphatic hydroxyl groups is 1. The van der Waals surface area contributed by atoms with Crippen LogP contribution in [-0.2, 0) is 16.1 Å². The Kier molecular flexibility index (Phi) is 9.63. The zero-order valence-corrected chi connectivity index (χ0v) is 17.2. The topological polar surface area (TPSA) is 136 Å². The predicted molar refractivity (Wildman–Crippen MR) is 111 cm³/mol. The van der Waals surface area contributed by atoms with Crippen LogP contribution >= 0.6 is 0 Å². The lowest BCUT2D eigenvalue weighted by Crippen LogP contribution is -2.30. The summed E-state index contributed by atoms with van der Waals surface area (Å²) in [5, 5.41) is 9.33. The molecule has 0 aromatic carbocycles. The van der Waals surface area contributed by atoms with Crippen molar-refractivity contribution >= 4 is 23.1 Å². The Balaban J connectivity index is 1.81. The van der Waals surface area contributed by atoms with Gasteiger partial charge in [-0.15, -0.1) is 0 Å². The second-order valence-corrected chi connectivity index (χ2v) is 7.42. The largest absolute Gasteiger partial charge is 0.465 e. The van der Waals surface area contributed by atoms with Crippen LogP contribution in [0.2, 0.25) is 0 Å². The lowest BCUT2D eigenvalue weighted by atomic mass is 10.1. The van der Waals surface area contributed by atoms with Crippen molar-refractivity contribution in [2.24, 2.45) is 5.92 Å². The summed E-state index contributed by atoms with van der Waals surface area (Å²) in [5.41, 5.74) is 6.11. The molecule has 0 aliphatic carbocycles. The number of nitrogen functional groups attached to an aromatic ring is 1. The number of carbonyl (C=O) groups excluding carboxylic acids is 1. The molecule has 2 aromatic rings. The third-order valence-electron chi connectivity index (χ3n) is 5.02. The minimum absolute atomic E-state index is 0.0481. The van der Waals surface area contributed by atoms with E-state index in [-0.39, 0.29) is 54.3 Å². The summed E-state index contributed by atoms with van der Waals surface area (Å²) in [7, 11) is 0. The number of nitrogens with one attached hydrogen (secondary N) is 1. The van der Waals surface area contributed by atoms with Gasteiger partial charge in [-0.05, 0) is 12.8 Å². The first-order chi connectivity index (χ1) is 14.1. The first kappa shape index (κ1) is 22.9. The van der Waals surface area contributed by atoms with E-state index in [0.717, 1.165) is 19.3 Å². The fraction of sp³-hybridized carbons (Fsp3) is 0.700. The molecule has 29 heavy (non-hydrogen) atoms. The highest BCUT2D eigenvalue weighted by Gasteiger charge is 2.17. The van der Waals surface area contributed by atoms with E-state index in [9.17, 15) is 14.7 Å². The van der Waals surface area contributed by atoms with E-state index < -0.39 is 0 Å². The number of unbranched alkanes of at least 4 members (excludes halogenated alkanes) is 6. The van der Waals surface area contributed by atoms with Gasteiger partial charge in [0.25, 0.3) is 5.56 Å². The summed E-state index contributed by atoms with van der Waals surface area (Å²) >= 11 is 0. The molecular formula is C20H33N5O4. The van der Waals surface area contributed by atoms with Gasteiger partial charge in [-0.1, -0.05) is 45.4 Å². The van der Waals surface area contributed by atoms with Gasteiger partial charge in [0.15, 0.2) is 11.2 Å². The quantitative estimate of drug-likeness (QED) is 0.323. The summed E-state index contributed by atoms with van der Waals surface area (Å²) < 4.78 is 6.70. The van der Waals surface area contributed by atoms with Gasteiger partial charge in [0, 0.05) is 25.5 Å². The molecule has 1 unspecified atom stereocenters. The number of esters is 1. The Labute approximate surface area is 170 Å². The fourth-order valence-corrected chi connectivity index (χ4v) is 3.29. The lowest BCUT2D eigenvalue weighted by Gasteiger charge is -2.18. The third-order valence-corrected chi connectivity index (χ3v) is 5.02. The molecule has 0 saturated carbocycles. The number of fused-ring (bicyclic) bond motifs is 1. The first-order valence-electron chi connectivity index (χ1n) is 10.5. The van der Waals surface area contributed by atoms with Crippen molar-refractivity contribution in [1.29, 1.82) is 0 Å². The summed E-state index contributed by atoms with van der Waals surface area (Å²) in [6, 6.07) is 0.